The molecule has 0 amide bonds. The topological polar surface area (TPSA) is 42.1 Å². The van der Waals surface area contributed by atoms with Crippen molar-refractivity contribution < 1.29 is 0 Å². The van der Waals surface area contributed by atoms with Gasteiger partial charge >= 0.3 is 0 Å². The molecule has 8 heteroatoms. The van der Waals surface area contributed by atoms with E-state index >= 15 is 0 Å². The normalized spacial score (nSPS) is 14.7. The van der Waals surface area contributed by atoms with E-state index in [0.717, 1.165) is 18.7 Å². The molecule has 1 aliphatic rings. The Morgan fingerprint density at radius 3 is 2.15 bits per heavy atom. The molecule has 33 heavy (non-hydrogen) atoms. The molecule has 0 bridgehead atoms. The van der Waals surface area contributed by atoms with Crippen LogP contribution in [-0.4, -0.2) is 68.4 Å². The molecule has 1 fully saturated rings. The minimum atomic E-state index is 0. The Labute approximate surface area is 208 Å². The van der Waals surface area contributed by atoms with Crippen LogP contribution < -0.4 is 0 Å². The second kappa shape index (κ2) is 12.2. The van der Waals surface area contributed by atoms with Crippen molar-refractivity contribution in [1.82, 2.24) is 29.1 Å². The maximum atomic E-state index is 3.90. The Balaban J connectivity index is 0.00000153. The van der Waals surface area contributed by atoms with E-state index in [4.69, 9.17) is 0 Å². The first-order valence-corrected chi connectivity index (χ1v) is 11.3. The molecule has 4 aromatic rings. The Hall–Kier alpha value is -2.38. The molecule has 5 rings (SSSR count). The molecule has 6 nitrogen and oxygen atoms in total. The van der Waals surface area contributed by atoms with E-state index in [2.05, 4.69) is 85.4 Å². The van der Waals surface area contributed by atoms with Gasteiger partial charge in [-0.3, -0.25) is 4.57 Å². The Bertz CT molecular complexity index is 1090. The van der Waals surface area contributed by atoms with Gasteiger partial charge in [0, 0.05) is 62.1 Å². The second-order valence-corrected chi connectivity index (χ2v) is 8.39. The minimum absolute atomic E-state index is 0. The van der Waals surface area contributed by atoms with Crippen molar-refractivity contribution in [3.8, 4) is 5.69 Å². The number of benzene rings is 2. The number of rotatable bonds is 8. The van der Waals surface area contributed by atoms with Crippen LogP contribution in [0.1, 0.15) is 12.0 Å². The van der Waals surface area contributed by atoms with Gasteiger partial charge in [0.1, 0.15) is 12.7 Å². The number of aryl methyl sites for hydroxylation is 1. The van der Waals surface area contributed by atoms with Gasteiger partial charge in [-0.15, -0.1) is 35.0 Å². The molecule has 2 aromatic heterocycles. The summed E-state index contributed by atoms with van der Waals surface area (Å²) in [6.45, 7) is 8.14. The molecule has 2 aromatic carbocycles. The summed E-state index contributed by atoms with van der Waals surface area (Å²) in [7, 11) is 0. The molecule has 1 saturated heterocycles. The van der Waals surface area contributed by atoms with Gasteiger partial charge in [-0.25, -0.2) is 0 Å². The van der Waals surface area contributed by atoms with Crippen molar-refractivity contribution in [2.75, 3.05) is 39.3 Å². The van der Waals surface area contributed by atoms with Crippen LogP contribution in [0.2, 0.25) is 0 Å². The van der Waals surface area contributed by atoms with Crippen molar-refractivity contribution in [1.29, 1.82) is 0 Å². The van der Waals surface area contributed by atoms with Gasteiger partial charge < -0.3 is 14.4 Å². The zero-order chi connectivity index (χ0) is 20.9. The maximum absolute atomic E-state index is 3.90. The fourth-order valence-corrected chi connectivity index (χ4v) is 4.51. The first kappa shape index (κ1) is 25.2. The van der Waals surface area contributed by atoms with Gasteiger partial charge in [0.2, 0.25) is 0 Å². The number of nitrogens with zero attached hydrogens (tertiary/aromatic N) is 6. The molecule has 1 aliphatic heterocycles. The summed E-state index contributed by atoms with van der Waals surface area (Å²) >= 11 is 0. The average Bonchev–Trinajstić information content (AvgIpc) is 3.49. The summed E-state index contributed by atoms with van der Waals surface area (Å²) in [4.78, 5) is 5.23. The predicted octanol–water partition coefficient (Wildman–Crippen LogP) is 4.32. The molecule has 0 unspecified atom stereocenters. The summed E-state index contributed by atoms with van der Waals surface area (Å²) in [6.07, 6.45) is 8.02. The fourth-order valence-electron chi connectivity index (χ4n) is 4.51. The van der Waals surface area contributed by atoms with Crippen molar-refractivity contribution in [2.24, 2.45) is 0 Å². The highest BCUT2D eigenvalue weighted by molar-refractivity contribution is 5.85. The largest absolute Gasteiger partial charge is 0.347 e. The Kier molecular flexibility index (Phi) is 9.32. The average molecular weight is 487 g/mol. The van der Waals surface area contributed by atoms with Crippen LogP contribution in [0.5, 0.6) is 0 Å². The number of piperazine rings is 1. The second-order valence-electron chi connectivity index (χ2n) is 8.39. The Morgan fingerprint density at radius 1 is 0.727 bits per heavy atom. The van der Waals surface area contributed by atoms with Crippen LogP contribution >= 0.6 is 24.8 Å². The molecule has 0 aliphatic carbocycles. The third-order valence-electron chi connectivity index (χ3n) is 6.37. The van der Waals surface area contributed by atoms with E-state index in [1.54, 1.807) is 12.7 Å². The van der Waals surface area contributed by atoms with E-state index in [9.17, 15) is 0 Å². The number of halogens is 2. The van der Waals surface area contributed by atoms with Crippen LogP contribution in [0.4, 0.5) is 0 Å². The minimum Gasteiger partial charge on any atom is -0.347 e. The molecule has 0 radical (unpaired) electrons. The SMILES string of the molecule is Cl.Cl.c1ccc(CCN2CCN(CCCn3ccc4cc(-n5cnnc5)ccc43)CC2)cc1. The van der Waals surface area contributed by atoms with Crippen LogP contribution in [0, 0.1) is 0 Å². The molecule has 0 N–H and O–H groups in total. The summed E-state index contributed by atoms with van der Waals surface area (Å²) < 4.78 is 4.32. The van der Waals surface area contributed by atoms with E-state index in [-0.39, 0.29) is 24.8 Å². The van der Waals surface area contributed by atoms with Crippen LogP contribution in [0.25, 0.3) is 16.6 Å². The van der Waals surface area contributed by atoms with E-state index in [0.29, 0.717) is 0 Å². The van der Waals surface area contributed by atoms with E-state index < -0.39 is 0 Å². The molecule has 0 spiro atoms. The summed E-state index contributed by atoms with van der Waals surface area (Å²) in [5, 5.41) is 9.06. The van der Waals surface area contributed by atoms with E-state index in [1.807, 2.05) is 4.57 Å². The fraction of sp³-hybridized carbons (Fsp3) is 0.360. The molecule has 0 saturated carbocycles. The molecule has 176 valence electrons. The van der Waals surface area contributed by atoms with Crippen molar-refractivity contribution in [3.05, 3.63) is 79.0 Å². The Morgan fingerprint density at radius 2 is 1.42 bits per heavy atom. The van der Waals surface area contributed by atoms with Gasteiger partial charge in [0.25, 0.3) is 0 Å². The summed E-state index contributed by atoms with van der Waals surface area (Å²) in [5.41, 5.74) is 3.83. The molecular formula is C25H32Cl2N6. The summed E-state index contributed by atoms with van der Waals surface area (Å²) in [5.74, 6) is 0. The van der Waals surface area contributed by atoms with Gasteiger partial charge in [-0.2, -0.15) is 0 Å². The quantitative estimate of drug-likeness (QED) is 0.372. The maximum Gasteiger partial charge on any atom is 0.123 e. The lowest BCUT2D eigenvalue weighted by molar-refractivity contribution is 0.131. The van der Waals surface area contributed by atoms with Crippen molar-refractivity contribution >= 4 is 35.7 Å². The number of fused-ring (bicyclic) bond motifs is 1. The van der Waals surface area contributed by atoms with Crippen LogP contribution in [0.15, 0.2) is 73.4 Å². The number of hydrogen-bond acceptors (Lipinski definition) is 4. The number of aromatic nitrogens is 4. The van der Waals surface area contributed by atoms with Crippen molar-refractivity contribution in [2.45, 2.75) is 19.4 Å². The number of hydrogen-bond donors (Lipinski definition) is 0. The summed E-state index contributed by atoms with van der Waals surface area (Å²) in [6, 6.07) is 19.6. The van der Waals surface area contributed by atoms with Crippen LogP contribution in [-0.2, 0) is 13.0 Å². The first-order valence-electron chi connectivity index (χ1n) is 11.3. The highest BCUT2D eigenvalue weighted by atomic mass is 35.5. The predicted molar refractivity (Wildman–Crippen MR) is 139 cm³/mol. The van der Waals surface area contributed by atoms with Crippen LogP contribution in [0.3, 0.4) is 0 Å². The lowest BCUT2D eigenvalue weighted by Crippen LogP contribution is -2.47. The molecule has 3 heterocycles. The van der Waals surface area contributed by atoms with Crippen molar-refractivity contribution in [3.63, 3.8) is 0 Å². The standard InChI is InChI=1S/C25H30N6.2ClH/c1-2-5-22(6-3-1)9-13-29-17-15-28(16-18-29)11-4-12-30-14-10-23-19-24(7-8-25(23)30)31-20-26-27-21-31;;/h1-3,5-8,10,14,19-21H,4,9,11-13,15-18H2;2*1H. The monoisotopic (exact) mass is 486 g/mol. The third kappa shape index (κ3) is 6.36. The van der Waals surface area contributed by atoms with Gasteiger partial charge in [-0.1, -0.05) is 30.3 Å². The highest BCUT2D eigenvalue weighted by Crippen LogP contribution is 2.20. The molecular weight excluding hydrogens is 455 g/mol. The van der Waals surface area contributed by atoms with Gasteiger partial charge in [0.05, 0.1) is 0 Å². The van der Waals surface area contributed by atoms with E-state index in [1.165, 1.54) is 62.2 Å². The van der Waals surface area contributed by atoms with Gasteiger partial charge in [-0.05, 0) is 49.2 Å². The highest BCUT2D eigenvalue weighted by Gasteiger charge is 2.16. The third-order valence-corrected chi connectivity index (χ3v) is 6.37. The lowest BCUT2D eigenvalue weighted by atomic mass is 10.1. The van der Waals surface area contributed by atoms with Gasteiger partial charge in [0.15, 0.2) is 0 Å². The molecule has 0 atom stereocenters. The zero-order valence-corrected chi connectivity index (χ0v) is 20.4. The lowest BCUT2D eigenvalue weighted by Gasteiger charge is -2.34. The smallest absolute Gasteiger partial charge is 0.123 e. The zero-order valence-electron chi connectivity index (χ0n) is 18.8. The first-order chi connectivity index (χ1) is 15.3.